The molecule has 0 fully saturated rings. The molecule has 2 aromatic carbocycles. The Labute approximate surface area is 149 Å². The fourth-order valence-corrected chi connectivity index (χ4v) is 2.41. The number of halogens is 2. The van der Waals surface area contributed by atoms with Gasteiger partial charge in [0.2, 0.25) is 6.79 Å². The van der Waals surface area contributed by atoms with Crippen molar-refractivity contribution in [1.82, 2.24) is 10.2 Å². The molecule has 0 aromatic heterocycles. The number of hydrogen-bond donors (Lipinski definition) is 1. The van der Waals surface area contributed by atoms with Gasteiger partial charge in [0.25, 0.3) is 0 Å². The second-order valence-electron chi connectivity index (χ2n) is 5.70. The average molecular weight is 364 g/mol. The predicted octanol–water partition coefficient (Wildman–Crippen LogP) is 2.91. The zero-order chi connectivity index (χ0) is 18.5. The van der Waals surface area contributed by atoms with E-state index in [0.717, 1.165) is 12.1 Å². The fourth-order valence-electron chi connectivity index (χ4n) is 2.41. The number of urea groups is 1. The predicted molar refractivity (Wildman–Crippen MR) is 89.3 cm³/mol. The third kappa shape index (κ3) is 4.33. The maximum Gasteiger partial charge on any atom is 0.317 e. The van der Waals surface area contributed by atoms with Crippen molar-refractivity contribution in [3.8, 4) is 17.2 Å². The standard InChI is InChI=1S/C18H18F2N2O4/c1-22(10-12-2-4-14(19)15(20)8-12)18(23)21-6-7-24-13-3-5-16-17(9-13)26-11-25-16/h2-5,8-9H,6-7,10-11H2,1H3,(H,21,23). The molecular formula is C18H18F2N2O4. The molecule has 6 nitrogen and oxygen atoms in total. The van der Waals surface area contributed by atoms with Gasteiger partial charge in [0.15, 0.2) is 23.1 Å². The number of carbonyl (C=O) groups excluding carboxylic acids is 1. The lowest BCUT2D eigenvalue weighted by Crippen LogP contribution is -2.38. The summed E-state index contributed by atoms with van der Waals surface area (Å²) in [5.41, 5.74) is 0.498. The summed E-state index contributed by atoms with van der Waals surface area (Å²) in [6, 6.07) is 8.43. The van der Waals surface area contributed by atoms with E-state index in [1.807, 2.05) is 0 Å². The number of rotatable bonds is 6. The summed E-state index contributed by atoms with van der Waals surface area (Å²) in [6.45, 7) is 0.908. The molecule has 8 heteroatoms. The lowest BCUT2D eigenvalue weighted by Gasteiger charge is -2.18. The van der Waals surface area contributed by atoms with E-state index < -0.39 is 11.6 Å². The molecule has 0 aliphatic carbocycles. The molecule has 26 heavy (non-hydrogen) atoms. The second kappa shape index (κ2) is 7.90. The van der Waals surface area contributed by atoms with E-state index in [-0.39, 0.29) is 32.5 Å². The van der Waals surface area contributed by atoms with Crippen LogP contribution in [-0.2, 0) is 6.54 Å². The summed E-state index contributed by atoms with van der Waals surface area (Å²) in [5.74, 6) is 0.0518. The molecule has 0 bridgehead atoms. The summed E-state index contributed by atoms with van der Waals surface area (Å²) >= 11 is 0. The molecule has 0 unspecified atom stereocenters. The second-order valence-corrected chi connectivity index (χ2v) is 5.70. The maximum atomic E-state index is 13.2. The zero-order valence-electron chi connectivity index (χ0n) is 14.1. The van der Waals surface area contributed by atoms with Gasteiger partial charge >= 0.3 is 6.03 Å². The number of hydrogen-bond acceptors (Lipinski definition) is 4. The Morgan fingerprint density at radius 1 is 1.15 bits per heavy atom. The highest BCUT2D eigenvalue weighted by Gasteiger charge is 2.14. The number of ether oxygens (including phenoxy) is 3. The van der Waals surface area contributed by atoms with E-state index in [1.54, 1.807) is 25.2 Å². The Hall–Kier alpha value is -3.03. The molecule has 1 N–H and O–H groups in total. The minimum Gasteiger partial charge on any atom is -0.492 e. The number of benzene rings is 2. The molecule has 3 rings (SSSR count). The first-order valence-electron chi connectivity index (χ1n) is 7.98. The zero-order valence-corrected chi connectivity index (χ0v) is 14.1. The smallest absolute Gasteiger partial charge is 0.317 e. The average Bonchev–Trinajstić information content (AvgIpc) is 3.09. The van der Waals surface area contributed by atoms with Crippen LogP contribution in [-0.4, -0.2) is 37.9 Å². The Balaban J connectivity index is 1.41. The van der Waals surface area contributed by atoms with Crippen molar-refractivity contribution in [2.45, 2.75) is 6.54 Å². The fraction of sp³-hybridized carbons (Fsp3) is 0.278. The van der Waals surface area contributed by atoms with Crippen LogP contribution in [0.3, 0.4) is 0 Å². The van der Waals surface area contributed by atoms with Crippen LogP contribution in [0.15, 0.2) is 36.4 Å². The Kier molecular flexibility index (Phi) is 5.40. The largest absolute Gasteiger partial charge is 0.492 e. The lowest BCUT2D eigenvalue weighted by molar-refractivity contribution is 0.173. The van der Waals surface area contributed by atoms with Crippen LogP contribution in [0, 0.1) is 11.6 Å². The molecule has 0 saturated heterocycles. The third-order valence-corrected chi connectivity index (χ3v) is 3.74. The SMILES string of the molecule is CN(Cc1ccc(F)c(F)c1)C(=O)NCCOc1ccc2c(c1)OCO2. The number of fused-ring (bicyclic) bond motifs is 1. The number of nitrogens with zero attached hydrogens (tertiary/aromatic N) is 1. The Morgan fingerprint density at radius 2 is 1.96 bits per heavy atom. The first kappa shape index (κ1) is 17.8. The molecule has 2 aromatic rings. The van der Waals surface area contributed by atoms with Crippen molar-refractivity contribution in [3.05, 3.63) is 53.6 Å². The monoisotopic (exact) mass is 364 g/mol. The molecule has 0 atom stereocenters. The van der Waals surface area contributed by atoms with Gasteiger partial charge in [-0.15, -0.1) is 0 Å². The molecular weight excluding hydrogens is 346 g/mol. The topological polar surface area (TPSA) is 60.0 Å². The van der Waals surface area contributed by atoms with Gasteiger partial charge in [-0.1, -0.05) is 6.07 Å². The van der Waals surface area contributed by atoms with Gasteiger partial charge in [0.1, 0.15) is 12.4 Å². The van der Waals surface area contributed by atoms with E-state index in [0.29, 0.717) is 22.8 Å². The summed E-state index contributed by atoms with van der Waals surface area (Å²) < 4.78 is 42.1. The minimum atomic E-state index is -0.937. The molecule has 0 spiro atoms. The van der Waals surface area contributed by atoms with Gasteiger partial charge in [-0.05, 0) is 29.8 Å². The third-order valence-electron chi connectivity index (χ3n) is 3.74. The highest BCUT2D eigenvalue weighted by Crippen LogP contribution is 2.34. The van der Waals surface area contributed by atoms with Crippen LogP contribution in [0.25, 0.3) is 0 Å². The first-order chi connectivity index (χ1) is 12.5. The van der Waals surface area contributed by atoms with Crippen molar-refractivity contribution in [2.75, 3.05) is 27.0 Å². The summed E-state index contributed by atoms with van der Waals surface area (Å²) in [5, 5.41) is 2.69. The van der Waals surface area contributed by atoms with E-state index >= 15 is 0 Å². The van der Waals surface area contributed by atoms with Gasteiger partial charge in [-0.3, -0.25) is 0 Å². The first-order valence-corrected chi connectivity index (χ1v) is 7.98. The van der Waals surface area contributed by atoms with E-state index in [9.17, 15) is 13.6 Å². The van der Waals surface area contributed by atoms with E-state index in [2.05, 4.69) is 5.32 Å². The lowest BCUT2D eigenvalue weighted by atomic mass is 10.2. The van der Waals surface area contributed by atoms with Crippen LogP contribution in [0.5, 0.6) is 17.2 Å². The van der Waals surface area contributed by atoms with Crippen LogP contribution < -0.4 is 19.5 Å². The summed E-state index contributed by atoms with van der Waals surface area (Å²) in [7, 11) is 1.56. The van der Waals surface area contributed by atoms with Gasteiger partial charge in [0.05, 0.1) is 6.54 Å². The van der Waals surface area contributed by atoms with Crippen LogP contribution in [0.1, 0.15) is 5.56 Å². The number of nitrogens with one attached hydrogen (secondary N) is 1. The quantitative estimate of drug-likeness (QED) is 0.801. The molecule has 1 aliphatic heterocycles. The van der Waals surface area contributed by atoms with Crippen LogP contribution >= 0.6 is 0 Å². The van der Waals surface area contributed by atoms with Gasteiger partial charge in [-0.2, -0.15) is 0 Å². The number of carbonyl (C=O) groups is 1. The minimum absolute atomic E-state index is 0.159. The van der Waals surface area contributed by atoms with Crippen molar-refractivity contribution in [2.24, 2.45) is 0 Å². The van der Waals surface area contributed by atoms with E-state index in [4.69, 9.17) is 14.2 Å². The molecule has 0 saturated carbocycles. The van der Waals surface area contributed by atoms with Crippen molar-refractivity contribution in [1.29, 1.82) is 0 Å². The number of amides is 2. The normalized spacial score (nSPS) is 12.0. The van der Waals surface area contributed by atoms with Gasteiger partial charge < -0.3 is 24.4 Å². The Morgan fingerprint density at radius 3 is 2.77 bits per heavy atom. The van der Waals surface area contributed by atoms with Gasteiger partial charge in [-0.25, -0.2) is 13.6 Å². The Bertz CT molecular complexity index is 801. The van der Waals surface area contributed by atoms with Gasteiger partial charge in [0, 0.05) is 19.7 Å². The highest BCUT2D eigenvalue weighted by atomic mass is 19.2. The molecule has 0 radical (unpaired) electrons. The molecule has 138 valence electrons. The highest BCUT2D eigenvalue weighted by molar-refractivity contribution is 5.73. The summed E-state index contributed by atoms with van der Waals surface area (Å²) in [4.78, 5) is 13.4. The maximum absolute atomic E-state index is 13.2. The van der Waals surface area contributed by atoms with Crippen molar-refractivity contribution < 1.29 is 27.8 Å². The van der Waals surface area contributed by atoms with Crippen molar-refractivity contribution >= 4 is 6.03 Å². The summed E-state index contributed by atoms with van der Waals surface area (Å²) in [6.07, 6.45) is 0. The molecule has 2 amide bonds. The van der Waals surface area contributed by atoms with E-state index in [1.165, 1.54) is 11.0 Å². The van der Waals surface area contributed by atoms with Crippen LogP contribution in [0.2, 0.25) is 0 Å². The van der Waals surface area contributed by atoms with Crippen molar-refractivity contribution in [3.63, 3.8) is 0 Å². The molecule has 1 aliphatic rings. The van der Waals surface area contributed by atoms with Crippen LogP contribution in [0.4, 0.5) is 13.6 Å². The molecule has 1 heterocycles.